The van der Waals surface area contributed by atoms with Crippen LogP contribution >= 0.6 is 0 Å². The number of amides is 2. The van der Waals surface area contributed by atoms with Crippen LogP contribution < -0.4 is 0 Å². The summed E-state index contributed by atoms with van der Waals surface area (Å²) in [4.78, 5) is 34.4. The van der Waals surface area contributed by atoms with Crippen molar-refractivity contribution >= 4 is 17.4 Å². The molecule has 0 saturated carbocycles. The molecule has 30 heavy (non-hydrogen) atoms. The number of benzene rings is 1. The van der Waals surface area contributed by atoms with Crippen molar-refractivity contribution in [3.8, 4) is 0 Å². The number of imide groups is 1. The van der Waals surface area contributed by atoms with Crippen molar-refractivity contribution < 1.29 is 9.59 Å². The summed E-state index contributed by atoms with van der Waals surface area (Å²) in [6.45, 7) is 11.9. The quantitative estimate of drug-likeness (QED) is 0.623. The standard InChI is InChI=1S/C25H31N3O2/c1-6-27(14-11-20-9-12-26-13-10-20)23-22(21-8-7-18(4)15-19(21)5)24(29)28(25(23)30)16-17(2)3/h7-10,12-13,15,17H,6,11,14,16H2,1-5H3. The number of hydrogen-bond donors (Lipinski definition) is 0. The van der Waals surface area contributed by atoms with Crippen molar-refractivity contribution in [2.24, 2.45) is 5.92 Å². The molecule has 2 heterocycles. The smallest absolute Gasteiger partial charge is 0.277 e. The minimum Gasteiger partial charge on any atom is -0.366 e. The molecule has 0 radical (unpaired) electrons. The Hall–Kier alpha value is -2.95. The van der Waals surface area contributed by atoms with Crippen molar-refractivity contribution in [2.75, 3.05) is 19.6 Å². The molecule has 1 aromatic carbocycles. The number of aryl methyl sites for hydroxylation is 2. The predicted octanol–water partition coefficient (Wildman–Crippen LogP) is 4.00. The highest BCUT2D eigenvalue weighted by Gasteiger charge is 2.41. The summed E-state index contributed by atoms with van der Waals surface area (Å²) >= 11 is 0. The third-order valence-electron chi connectivity index (χ3n) is 5.46. The van der Waals surface area contributed by atoms with Crippen molar-refractivity contribution in [3.05, 3.63) is 70.7 Å². The largest absolute Gasteiger partial charge is 0.366 e. The molecule has 158 valence electrons. The van der Waals surface area contributed by atoms with Crippen LogP contribution in [-0.2, 0) is 16.0 Å². The zero-order valence-electron chi connectivity index (χ0n) is 18.6. The highest BCUT2D eigenvalue weighted by molar-refractivity contribution is 6.35. The van der Waals surface area contributed by atoms with Gasteiger partial charge in [-0.1, -0.05) is 37.6 Å². The lowest BCUT2D eigenvalue weighted by Gasteiger charge is -2.25. The molecule has 2 amide bonds. The SMILES string of the molecule is CCN(CCc1ccncc1)C1=C(c2ccc(C)cc2C)C(=O)N(CC(C)C)C1=O. The van der Waals surface area contributed by atoms with Gasteiger partial charge in [-0.15, -0.1) is 0 Å². The fraction of sp³-hybridized carbons (Fsp3) is 0.400. The first-order valence-electron chi connectivity index (χ1n) is 10.6. The van der Waals surface area contributed by atoms with E-state index in [9.17, 15) is 9.59 Å². The van der Waals surface area contributed by atoms with E-state index < -0.39 is 0 Å². The number of likely N-dealkylation sites (N-methyl/N-ethyl adjacent to an activating group) is 1. The number of aromatic nitrogens is 1. The van der Waals surface area contributed by atoms with Crippen LogP contribution in [0.2, 0.25) is 0 Å². The van der Waals surface area contributed by atoms with E-state index in [1.165, 1.54) is 4.90 Å². The first kappa shape index (κ1) is 21.8. The Morgan fingerprint density at radius 2 is 1.73 bits per heavy atom. The lowest BCUT2D eigenvalue weighted by Crippen LogP contribution is -2.38. The zero-order chi connectivity index (χ0) is 21.8. The molecule has 1 aliphatic rings. The molecule has 2 aromatic rings. The number of carbonyl (C=O) groups excluding carboxylic acids is 2. The van der Waals surface area contributed by atoms with Crippen molar-refractivity contribution in [1.82, 2.24) is 14.8 Å². The molecule has 0 unspecified atom stereocenters. The van der Waals surface area contributed by atoms with Gasteiger partial charge in [-0.05, 0) is 61.9 Å². The second-order valence-corrected chi connectivity index (χ2v) is 8.34. The van der Waals surface area contributed by atoms with E-state index in [4.69, 9.17) is 0 Å². The molecule has 0 bridgehead atoms. The van der Waals surface area contributed by atoms with Crippen LogP contribution in [0.25, 0.3) is 5.57 Å². The van der Waals surface area contributed by atoms with E-state index in [2.05, 4.69) is 16.0 Å². The molecule has 0 atom stereocenters. The fourth-order valence-corrected chi connectivity index (χ4v) is 3.97. The number of hydrogen-bond acceptors (Lipinski definition) is 4. The van der Waals surface area contributed by atoms with Gasteiger partial charge in [-0.2, -0.15) is 0 Å². The molecular weight excluding hydrogens is 374 g/mol. The third-order valence-corrected chi connectivity index (χ3v) is 5.46. The Morgan fingerprint density at radius 1 is 1.03 bits per heavy atom. The van der Waals surface area contributed by atoms with E-state index in [-0.39, 0.29) is 17.7 Å². The maximum atomic E-state index is 13.4. The maximum Gasteiger partial charge on any atom is 0.277 e. The summed E-state index contributed by atoms with van der Waals surface area (Å²) in [7, 11) is 0. The van der Waals surface area contributed by atoms with Gasteiger partial charge in [-0.25, -0.2) is 0 Å². The van der Waals surface area contributed by atoms with Gasteiger partial charge in [0.1, 0.15) is 5.70 Å². The van der Waals surface area contributed by atoms with Crippen LogP contribution in [0, 0.1) is 19.8 Å². The summed E-state index contributed by atoms with van der Waals surface area (Å²) in [5.74, 6) is -0.150. The number of pyridine rings is 1. The van der Waals surface area contributed by atoms with Crippen LogP contribution in [-0.4, -0.2) is 46.2 Å². The summed E-state index contributed by atoms with van der Waals surface area (Å²) in [5, 5.41) is 0. The first-order chi connectivity index (χ1) is 14.3. The van der Waals surface area contributed by atoms with Gasteiger partial charge in [0.05, 0.1) is 5.57 Å². The average molecular weight is 406 g/mol. The van der Waals surface area contributed by atoms with E-state index in [1.807, 2.05) is 58.9 Å². The molecule has 1 aromatic heterocycles. The first-order valence-corrected chi connectivity index (χ1v) is 10.6. The molecule has 0 saturated heterocycles. The fourth-order valence-electron chi connectivity index (χ4n) is 3.97. The molecule has 3 rings (SSSR count). The van der Waals surface area contributed by atoms with Crippen LogP contribution in [0.5, 0.6) is 0 Å². The topological polar surface area (TPSA) is 53.5 Å². The summed E-state index contributed by atoms with van der Waals surface area (Å²) in [6.07, 6.45) is 4.34. The monoisotopic (exact) mass is 405 g/mol. The molecule has 5 nitrogen and oxygen atoms in total. The van der Waals surface area contributed by atoms with E-state index in [0.717, 1.165) is 28.7 Å². The molecule has 0 spiro atoms. The Bertz CT molecular complexity index is 964. The Balaban J connectivity index is 2.04. The van der Waals surface area contributed by atoms with Gasteiger partial charge in [-0.3, -0.25) is 19.5 Å². The van der Waals surface area contributed by atoms with Crippen molar-refractivity contribution in [3.63, 3.8) is 0 Å². The Morgan fingerprint density at radius 3 is 2.33 bits per heavy atom. The Labute approximate surface area is 179 Å². The second kappa shape index (κ2) is 9.24. The third kappa shape index (κ3) is 4.45. The predicted molar refractivity (Wildman–Crippen MR) is 120 cm³/mol. The number of carbonyl (C=O) groups is 2. The highest BCUT2D eigenvalue weighted by Crippen LogP contribution is 2.34. The van der Waals surface area contributed by atoms with E-state index in [0.29, 0.717) is 30.9 Å². The van der Waals surface area contributed by atoms with Gasteiger partial charge in [0.2, 0.25) is 0 Å². The minimum absolute atomic E-state index is 0.180. The van der Waals surface area contributed by atoms with Crippen molar-refractivity contribution in [2.45, 2.75) is 41.0 Å². The molecular formula is C25H31N3O2. The van der Waals surface area contributed by atoms with Crippen LogP contribution in [0.4, 0.5) is 0 Å². The second-order valence-electron chi connectivity index (χ2n) is 8.34. The van der Waals surface area contributed by atoms with Crippen molar-refractivity contribution in [1.29, 1.82) is 0 Å². The van der Waals surface area contributed by atoms with E-state index >= 15 is 0 Å². The molecule has 0 aliphatic carbocycles. The van der Waals surface area contributed by atoms with E-state index in [1.54, 1.807) is 12.4 Å². The Kier molecular flexibility index (Phi) is 6.70. The van der Waals surface area contributed by atoms with Gasteiger partial charge in [0, 0.05) is 32.0 Å². The van der Waals surface area contributed by atoms with Crippen LogP contribution in [0.1, 0.15) is 43.0 Å². The zero-order valence-corrected chi connectivity index (χ0v) is 18.6. The lowest BCUT2D eigenvalue weighted by atomic mass is 9.97. The normalized spacial score (nSPS) is 14.3. The number of nitrogens with zero attached hydrogens (tertiary/aromatic N) is 3. The summed E-state index contributed by atoms with van der Waals surface area (Å²) in [6, 6.07) is 10.0. The minimum atomic E-state index is -0.182. The van der Waals surface area contributed by atoms with Gasteiger partial charge in [0.25, 0.3) is 11.8 Å². The van der Waals surface area contributed by atoms with Gasteiger partial charge >= 0.3 is 0 Å². The molecule has 5 heteroatoms. The molecule has 1 aliphatic heterocycles. The van der Waals surface area contributed by atoms with Gasteiger partial charge < -0.3 is 4.90 Å². The maximum absolute atomic E-state index is 13.4. The molecule has 0 N–H and O–H groups in total. The summed E-state index contributed by atoms with van der Waals surface area (Å²) < 4.78 is 0. The lowest BCUT2D eigenvalue weighted by molar-refractivity contribution is -0.138. The highest BCUT2D eigenvalue weighted by atomic mass is 16.2. The summed E-state index contributed by atoms with van der Waals surface area (Å²) in [5.41, 5.74) is 5.23. The number of rotatable bonds is 8. The van der Waals surface area contributed by atoms with Crippen LogP contribution in [0.3, 0.4) is 0 Å². The van der Waals surface area contributed by atoms with Gasteiger partial charge in [0.15, 0.2) is 0 Å². The average Bonchev–Trinajstić information content (AvgIpc) is 2.94. The molecule has 0 fully saturated rings. The van der Waals surface area contributed by atoms with Crippen LogP contribution in [0.15, 0.2) is 48.4 Å².